The number of aromatic nitrogens is 1. The topological polar surface area (TPSA) is 38.9 Å². The van der Waals surface area contributed by atoms with Gasteiger partial charge in [0, 0.05) is 10.9 Å². The largest absolute Gasteiger partial charge is 0.319 e. The minimum Gasteiger partial charge on any atom is -0.319 e. The third-order valence-electron chi connectivity index (χ3n) is 2.85. The molecule has 0 aliphatic rings. The zero-order valence-corrected chi connectivity index (χ0v) is 10.0. The summed E-state index contributed by atoms with van der Waals surface area (Å²) in [4.78, 5) is 4.33. The van der Waals surface area contributed by atoms with Gasteiger partial charge in [0.05, 0.1) is 11.7 Å². The Morgan fingerprint density at radius 2 is 2.00 bits per heavy atom. The molecule has 17 heavy (non-hydrogen) atoms. The molecule has 84 valence electrons. The first-order chi connectivity index (χ1) is 8.36. The van der Waals surface area contributed by atoms with Crippen LogP contribution in [0.15, 0.2) is 54.0 Å². The van der Waals surface area contributed by atoms with Gasteiger partial charge in [-0.05, 0) is 34.5 Å². The predicted molar refractivity (Wildman–Crippen MR) is 72.1 cm³/mol. The lowest BCUT2D eigenvalue weighted by atomic mass is 10.0. The van der Waals surface area contributed by atoms with Gasteiger partial charge in [0.25, 0.3) is 0 Å². The SMILES string of the molecule is NC(c1ccccn1)c1cccc2ccsc12. The fourth-order valence-electron chi connectivity index (χ4n) is 1.98. The number of nitrogens with two attached hydrogens (primary N) is 1. The van der Waals surface area contributed by atoms with Crippen molar-refractivity contribution in [1.82, 2.24) is 4.98 Å². The van der Waals surface area contributed by atoms with Gasteiger partial charge in [-0.25, -0.2) is 0 Å². The van der Waals surface area contributed by atoms with Crippen molar-refractivity contribution in [3.8, 4) is 0 Å². The first-order valence-electron chi connectivity index (χ1n) is 5.49. The van der Waals surface area contributed by atoms with Crippen LogP contribution in [0.1, 0.15) is 17.3 Å². The Balaban J connectivity index is 2.13. The van der Waals surface area contributed by atoms with E-state index in [4.69, 9.17) is 5.73 Å². The maximum absolute atomic E-state index is 6.29. The predicted octanol–water partition coefficient (Wildman–Crippen LogP) is 3.34. The van der Waals surface area contributed by atoms with Crippen LogP contribution >= 0.6 is 11.3 Å². The molecule has 3 aromatic rings. The molecular weight excluding hydrogens is 228 g/mol. The maximum Gasteiger partial charge on any atom is 0.0740 e. The van der Waals surface area contributed by atoms with Crippen molar-refractivity contribution < 1.29 is 0 Å². The highest BCUT2D eigenvalue weighted by atomic mass is 32.1. The van der Waals surface area contributed by atoms with Gasteiger partial charge in [0.1, 0.15) is 0 Å². The standard InChI is InChI=1S/C14H12N2S/c15-13(12-6-1-2-8-16-12)11-5-3-4-10-7-9-17-14(10)11/h1-9,13H,15H2. The van der Waals surface area contributed by atoms with Crippen molar-refractivity contribution in [3.63, 3.8) is 0 Å². The second-order valence-corrected chi connectivity index (χ2v) is 4.83. The molecule has 1 aromatic carbocycles. The Hall–Kier alpha value is -1.71. The van der Waals surface area contributed by atoms with Gasteiger partial charge < -0.3 is 5.73 Å². The number of hydrogen-bond donors (Lipinski definition) is 1. The molecule has 3 rings (SSSR count). The van der Waals surface area contributed by atoms with E-state index in [-0.39, 0.29) is 6.04 Å². The molecule has 0 radical (unpaired) electrons. The van der Waals surface area contributed by atoms with Gasteiger partial charge in [-0.1, -0.05) is 24.3 Å². The summed E-state index contributed by atoms with van der Waals surface area (Å²) in [5.41, 5.74) is 8.35. The van der Waals surface area contributed by atoms with Crippen molar-refractivity contribution in [1.29, 1.82) is 0 Å². The molecule has 2 nitrogen and oxygen atoms in total. The number of pyridine rings is 1. The summed E-state index contributed by atoms with van der Waals surface area (Å²) in [6.45, 7) is 0. The van der Waals surface area contributed by atoms with Gasteiger partial charge in [-0.2, -0.15) is 0 Å². The van der Waals surface area contributed by atoms with Gasteiger partial charge in [-0.15, -0.1) is 11.3 Å². The third-order valence-corrected chi connectivity index (χ3v) is 3.83. The van der Waals surface area contributed by atoms with Gasteiger partial charge in [0.2, 0.25) is 0 Å². The molecule has 0 aliphatic heterocycles. The smallest absolute Gasteiger partial charge is 0.0740 e. The zero-order valence-electron chi connectivity index (χ0n) is 9.21. The molecule has 0 aliphatic carbocycles. The summed E-state index contributed by atoms with van der Waals surface area (Å²) in [6.07, 6.45) is 1.78. The monoisotopic (exact) mass is 240 g/mol. The van der Waals surface area contributed by atoms with Crippen LogP contribution in [-0.4, -0.2) is 4.98 Å². The highest BCUT2D eigenvalue weighted by Crippen LogP contribution is 2.30. The van der Waals surface area contributed by atoms with Crippen molar-refractivity contribution >= 4 is 21.4 Å². The van der Waals surface area contributed by atoms with Crippen molar-refractivity contribution in [2.24, 2.45) is 5.73 Å². The Morgan fingerprint density at radius 3 is 2.82 bits per heavy atom. The van der Waals surface area contributed by atoms with E-state index in [0.717, 1.165) is 11.3 Å². The van der Waals surface area contributed by atoms with Crippen LogP contribution in [0.4, 0.5) is 0 Å². The number of hydrogen-bond acceptors (Lipinski definition) is 3. The van der Waals surface area contributed by atoms with Crippen molar-refractivity contribution in [3.05, 3.63) is 65.3 Å². The fourth-order valence-corrected chi connectivity index (χ4v) is 2.93. The molecule has 2 aromatic heterocycles. The molecule has 0 spiro atoms. The van der Waals surface area contributed by atoms with E-state index in [1.54, 1.807) is 17.5 Å². The highest BCUT2D eigenvalue weighted by Gasteiger charge is 2.13. The van der Waals surface area contributed by atoms with Gasteiger partial charge in [0.15, 0.2) is 0 Å². The van der Waals surface area contributed by atoms with Crippen molar-refractivity contribution in [2.45, 2.75) is 6.04 Å². The van der Waals surface area contributed by atoms with Crippen LogP contribution < -0.4 is 5.73 Å². The second-order valence-electron chi connectivity index (χ2n) is 3.92. The molecule has 0 amide bonds. The third kappa shape index (κ3) is 1.84. The normalized spacial score (nSPS) is 12.8. The highest BCUT2D eigenvalue weighted by molar-refractivity contribution is 7.17. The van der Waals surface area contributed by atoms with E-state index in [9.17, 15) is 0 Å². The molecule has 1 atom stereocenters. The Labute approximate surface area is 104 Å². The molecular formula is C14H12N2S. The Bertz CT molecular complexity index is 631. The van der Waals surface area contributed by atoms with E-state index < -0.39 is 0 Å². The quantitative estimate of drug-likeness (QED) is 0.746. The Morgan fingerprint density at radius 1 is 1.06 bits per heavy atom. The van der Waals surface area contributed by atoms with Gasteiger partial charge >= 0.3 is 0 Å². The molecule has 2 N–H and O–H groups in total. The zero-order chi connectivity index (χ0) is 11.7. The van der Waals surface area contributed by atoms with E-state index in [2.05, 4.69) is 28.6 Å². The molecule has 2 heterocycles. The molecule has 0 fully saturated rings. The van der Waals surface area contributed by atoms with Crippen LogP contribution in [0.2, 0.25) is 0 Å². The number of nitrogens with zero attached hydrogens (tertiary/aromatic N) is 1. The van der Waals surface area contributed by atoms with Crippen LogP contribution in [0.5, 0.6) is 0 Å². The first kappa shape index (κ1) is 10.4. The molecule has 0 saturated carbocycles. The van der Waals surface area contributed by atoms with Crippen LogP contribution in [-0.2, 0) is 0 Å². The molecule has 0 saturated heterocycles. The van der Waals surface area contributed by atoms with E-state index in [1.165, 1.54) is 10.1 Å². The van der Waals surface area contributed by atoms with Crippen molar-refractivity contribution in [2.75, 3.05) is 0 Å². The first-order valence-corrected chi connectivity index (χ1v) is 6.37. The minimum atomic E-state index is -0.154. The van der Waals surface area contributed by atoms with Crippen LogP contribution in [0.3, 0.4) is 0 Å². The number of benzene rings is 1. The lowest BCUT2D eigenvalue weighted by Gasteiger charge is -2.12. The second kappa shape index (κ2) is 4.28. The summed E-state index contributed by atoms with van der Waals surface area (Å²) in [5.74, 6) is 0. The average molecular weight is 240 g/mol. The summed E-state index contributed by atoms with van der Waals surface area (Å²) < 4.78 is 1.26. The maximum atomic E-state index is 6.29. The Kier molecular flexibility index (Phi) is 2.63. The van der Waals surface area contributed by atoms with Crippen LogP contribution in [0, 0.1) is 0 Å². The minimum absolute atomic E-state index is 0.154. The number of rotatable bonds is 2. The summed E-state index contributed by atoms with van der Waals surface area (Å²) in [7, 11) is 0. The summed E-state index contributed by atoms with van der Waals surface area (Å²) in [5, 5.41) is 3.35. The van der Waals surface area contributed by atoms with Crippen LogP contribution in [0.25, 0.3) is 10.1 Å². The lowest BCUT2D eigenvalue weighted by Crippen LogP contribution is -2.13. The van der Waals surface area contributed by atoms with E-state index in [0.29, 0.717) is 0 Å². The lowest BCUT2D eigenvalue weighted by molar-refractivity contribution is 0.838. The van der Waals surface area contributed by atoms with Gasteiger partial charge in [-0.3, -0.25) is 4.98 Å². The summed E-state index contributed by atoms with van der Waals surface area (Å²) >= 11 is 1.73. The summed E-state index contributed by atoms with van der Waals surface area (Å²) in [6, 6.07) is 14.1. The van der Waals surface area contributed by atoms with E-state index >= 15 is 0 Å². The number of fused-ring (bicyclic) bond motifs is 1. The molecule has 0 bridgehead atoms. The fraction of sp³-hybridized carbons (Fsp3) is 0.0714. The van der Waals surface area contributed by atoms with E-state index in [1.807, 2.05) is 24.3 Å². The molecule has 3 heteroatoms. The average Bonchev–Trinajstić information content (AvgIpc) is 2.87. The number of thiophene rings is 1. The molecule has 1 unspecified atom stereocenters.